The molecule has 138 valence electrons. The van der Waals surface area contributed by atoms with E-state index in [1.54, 1.807) is 18.2 Å². The summed E-state index contributed by atoms with van der Waals surface area (Å²) in [6.45, 7) is 9.04. The minimum absolute atomic E-state index is 0.167. The highest BCUT2D eigenvalue weighted by Gasteiger charge is 2.07. The van der Waals surface area contributed by atoms with E-state index in [9.17, 15) is 4.79 Å². The van der Waals surface area contributed by atoms with Gasteiger partial charge in [-0.15, -0.1) is 0 Å². The lowest BCUT2D eigenvalue weighted by Gasteiger charge is -2.10. The summed E-state index contributed by atoms with van der Waals surface area (Å²) in [5.41, 5.74) is 2.21. The molecule has 1 amide bonds. The van der Waals surface area contributed by atoms with Crippen LogP contribution in [-0.2, 0) is 0 Å². The van der Waals surface area contributed by atoms with Gasteiger partial charge in [0.1, 0.15) is 18.1 Å². The van der Waals surface area contributed by atoms with Crippen LogP contribution in [-0.4, -0.2) is 19.1 Å². The van der Waals surface area contributed by atoms with Crippen LogP contribution in [0.2, 0.25) is 0 Å². The minimum Gasteiger partial charge on any atom is -0.494 e. The highest BCUT2D eigenvalue weighted by Crippen LogP contribution is 2.19. The van der Waals surface area contributed by atoms with E-state index in [0.717, 1.165) is 24.2 Å². The normalized spacial score (nSPS) is 10.2. The Morgan fingerprint density at radius 1 is 1.04 bits per heavy atom. The molecule has 0 unspecified atom stereocenters. The van der Waals surface area contributed by atoms with Crippen LogP contribution in [0.25, 0.3) is 0 Å². The number of benzene rings is 2. The average Bonchev–Trinajstić information content (AvgIpc) is 2.64. The maximum absolute atomic E-state index is 12.4. The number of rotatable bonds is 10. The van der Waals surface area contributed by atoms with Gasteiger partial charge in [0.15, 0.2) is 0 Å². The standard InChI is InChI=1S/C22H27NO3/c1-4-5-6-14-25-20-12-10-18(11-13-20)22(24)23-19-8-7-9-21(15-19)26-16-17(2)3/h7-13,15H,2,4-6,14,16H2,1,3H3,(H,23,24). The van der Waals surface area contributed by atoms with Gasteiger partial charge >= 0.3 is 0 Å². The van der Waals surface area contributed by atoms with Crippen molar-refractivity contribution in [3.05, 3.63) is 66.2 Å². The molecule has 1 N–H and O–H groups in total. The van der Waals surface area contributed by atoms with Crippen LogP contribution >= 0.6 is 0 Å². The Balaban J connectivity index is 1.91. The number of nitrogens with one attached hydrogen (secondary N) is 1. The van der Waals surface area contributed by atoms with Crippen molar-refractivity contribution >= 4 is 11.6 Å². The topological polar surface area (TPSA) is 47.6 Å². The molecule has 0 aliphatic heterocycles. The summed E-state index contributed by atoms with van der Waals surface area (Å²) in [5.74, 6) is 1.31. The number of carbonyl (C=O) groups is 1. The van der Waals surface area contributed by atoms with Gasteiger partial charge in [-0.05, 0) is 55.3 Å². The number of hydrogen-bond acceptors (Lipinski definition) is 3. The number of ether oxygens (including phenoxy) is 2. The first-order chi connectivity index (χ1) is 12.6. The highest BCUT2D eigenvalue weighted by molar-refractivity contribution is 6.04. The van der Waals surface area contributed by atoms with Gasteiger partial charge < -0.3 is 14.8 Å². The Hall–Kier alpha value is -2.75. The third-order valence-corrected chi connectivity index (χ3v) is 3.71. The molecular weight excluding hydrogens is 326 g/mol. The van der Waals surface area contributed by atoms with E-state index in [1.165, 1.54) is 6.42 Å². The van der Waals surface area contributed by atoms with Crippen LogP contribution in [0.15, 0.2) is 60.7 Å². The SMILES string of the molecule is C=C(C)COc1cccc(NC(=O)c2ccc(OCCCCC)cc2)c1. The fourth-order valence-electron chi connectivity index (χ4n) is 2.32. The molecule has 0 aliphatic carbocycles. The summed E-state index contributed by atoms with van der Waals surface area (Å²) in [4.78, 5) is 12.4. The quantitative estimate of drug-likeness (QED) is 0.455. The first kappa shape index (κ1) is 19.6. The summed E-state index contributed by atoms with van der Waals surface area (Å²) in [5, 5.41) is 2.88. The molecule has 2 rings (SSSR count). The van der Waals surface area contributed by atoms with Crippen molar-refractivity contribution < 1.29 is 14.3 Å². The van der Waals surface area contributed by atoms with Crippen molar-refractivity contribution in [1.82, 2.24) is 0 Å². The fourth-order valence-corrected chi connectivity index (χ4v) is 2.32. The van der Waals surface area contributed by atoms with E-state index in [-0.39, 0.29) is 5.91 Å². The second kappa shape index (κ2) is 10.3. The zero-order chi connectivity index (χ0) is 18.8. The summed E-state index contributed by atoms with van der Waals surface area (Å²) >= 11 is 0. The molecule has 0 heterocycles. The molecule has 0 radical (unpaired) electrons. The third kappa shape index (κ3) is 6.63. The first-order valence-corrected chi connectivity index (χ1v) is 9.00. The molecule has 0 saturated heterocycles. The first-order valence-electron chi connectivity index (χ1n) is 9.00. The van der Waals surface area contributed by atoms with Crippen molar-refractivity contribution in [3.63, 3.8) is 0 Å². The van der Waals surface area contributed by atoms with Crippen molar-refractivity contribution in [2.24, 2.45) is 0 Å². The smallest absolute Gasteiger partial charge is 0.255 e. The molecule has 0 atom stereocenters. The molecular formula is C22H27NO3. The van der Waals surface area contributed by atoms with E-state index in [2.05, 4.69) is 18.8 Å². The van der Waals surface area contributed by atoms with E-state index in [1.807, 2.05) is 37.3 Å². The minimum atomic E-state index is -0.167. The molecule has 0 aliphatic rings. The lowest BCUT2D eigenvalue weighted by Crippen LogP contribution is -2.12. The number of anilines is 1. The second-order valence-corrected chi connectivity index (χ2v) is 6.31. The molecule has 4 heteroatoms. The number of unbranched alkanes of at least 4 members (excludes halogenated alkanes) is 2. The number of hydrogen-bond donors (Lipinski definition) is 1. The number of carbonyl (C=O) groups excluding carboxylic acids is 1. The van der Waals surface area contributed by atoms with Crippen LogP contribution in [0.5, 0.6) is 11.5 Å². The van der Waals surface area contributed by atoms with Crippen molar-refractivity contribution in [2.75, 3.05) is 18.5 Å². The lowest BCUT2D eigenvalue weighted by atomic mass is 10.2. The Kier molecular flexibility index (Phi) is 7.75. The summed E-state index contributed by atoms with van der Waals surface area (Å²) in [7, 11) is 0. The van der Waals surface area contributed by atoms with E-state index in [0.29, 0.717) is 30.2 Å². The summed E-state index contributed by atoms with van der Waals surface area (Å²) < 4.78 is 11.3. The van der Waals surface area contributed by atoms with Crippen LogP contribution in [0.4, 0.5) is 5.69 Å². The van der Waals surface area contributed by atoms with E-state index >= 15 is 0 Å². The van der Waals surface area contributed by atoms with Gasteiger partial charge in [0.05, 0.1) is 6.61 Å². The largest absolute Gasteiger partial charge is 0.494 e. The molecule has 0 bridgehead atoms. The van der Waals surface area contributed by atoms with Crippen molar-refractivity contribution in [1.29, 1.82) is 0 Å². The van der Waals surface area contributed by atoms with E-state index in [4.69, 9.17) is 9.47 Å². The second-order valence-electron chi connectivity index (χ2n) is 6.31. The Morgan fingerprint density at radius 3 is 2.50 bits per heavy atom. The van der Waals surface area contributed by atoms with Crippen molar-refractivity contribution in [2.45, 2.75) is 33.1 Å². The van der Waals surface area contributed by atoms with Crippen LogP contribution in [0.3, 0.4) is 0 Å². The summed E-state index contributed by atoms with van der Waals surface area (Å²) in [6, 6.07) is 14.5. The van der Waals surface area contributed by atoms with Crippen LogP contribution in [0.1, 0.15) is 43.5 Å². The van der Waals surface area contributed by atoms with Gasteiger partial charge in [0, 0.05) is 17.3 Å². The molecule has 0 saturated carbocycles. The maximum Gasteiger partial charge on any atom is 0.255 e. The Bertz CT molecular complexity index is 722. The van der Waals surface area contributed by atoms with Crippen LogP contribution < -0.4 is 14.8 Å². The summed E-state index contributed by atoms with van der Waals surface area (Å²) in [6.07, 6.45) is 3.38. The fraction of sp³-hybridized carbons (Fsp3) is 0.318. The molecule has 4 nitrogen and oxygen atoms in total. The zero-order valence-corrected chi connectivity index (χ0v) is 15.6. The predicted molar refractivity (Wildman–Crippen MR) is 106 cm³/mol. The molecule has 2 aromatic carbocycles. The molecule has 26 heavy (non-hydrogen) atoms. The lowest BCUT2D eigenvalue weighted by molar-refractivity contribution is 0.102. The monoisotopic (exact) mass is 353 g/mol. The van der Waals surface area contributed by atoms with Gasteiger partial charge in [0.2, 0.25) is 0 Å². The Morgan fingerprint density at radius 2 is 1.81 bits per heavy atom. The highest BCUT2D eigenvalue weighted by atomic mass is 16.5. The predicted octanol–water partition coefficient (Wildman–Crippen LogP) is 5.46. The van der Waals surface area contributed by atoms with Gasteiger partial charge in [0.25, 0.3) is 5.91 Å². The maximum atomic E-state index is 12.4. The number of amides is 1. The van der Waals surface area contributed by atoms with Gasteiger partial charge in [-0.2, -0.15) is 0 Å². The third-order valence-electron chi connectivity index (χ3n) is 3.71. The molecule has 0 fully saturated rings. The molecule has 0 spiro atoms. The van der Waals surface area contributed by atoms with Gasteiger partial charge in [-0.1, -0.05) is 32.4 Å². The Labute approximate surface area is 155 Å². The van der Waals surface area contributed by atoms with Crippen molar-refractivity contribution in [3.8, 4) is 11.5 Å². The van der Waals surface area contributed by atoms with Gasteiger partial charge in [-0.25, -0.2) is 0 Å². The van der Waals surface area contributed by atoms with E-state index < -0.39 is 0 Å². The molecule has 2 aromatic rings. The van der Waals surface area contributed by atoms with Gasteiger partial charge in [-0.3, -0.25) is 4.79 Å². The molecule has 0 aromatic heterocycles. The van der Waals surface area contributed by atoms with Crippen LogP contribution in [0, 0.1) is 0 Å². The average molecular weight is 353 g/mol. The zero-order valence-electron chi connectivity index (χ0n) is 15.6.